The number of nitrogens with zero attached hydrogens (tertiary/aromatic N) is 4. The first-order valence-electron chi connectivity index (χ1n) is 12.4. The van der Waals surface area contributed by atoms with E-state index in [0.29, 0.717) is 31.0 Å². The summed E-state index contributed by atoms with van der Waals surface area (Å²) in [5.74, 6) is 1.98. The third kappa shape index (κ3) is 4.94. The molecule has 0 spiro atoms. The summed E-state index contributed by atoms with van der Waals surface area (Å²) < 4.78 is 0. The summed E-state index contributed by atoms with van der Waals surface area (Å²) in [6, 6.07) is 19.0. The number of rotatable bonds is 7. The van der Waals surface area contributed by atoms with Crippen molar-refractivity contribution in [3.63, 3.8) is 0 Å². The highest BCUT2D eigenvalue weighted by Crippen LogP contribution is 2.45. The first-order valence-corrected chi connectivity index (χ1v) is 12.4. The zero-order valence-corrected chi connectivity index (χ0v) is 20.4. The molecule has 0 atom stereocenters. The van der Waals surface area contributed by atoms with Gasteiger partial charge in [-0.05, 0) is 59.9 Å². The standard InChI is InChI=1S/C28H33N5O2/c1-32(2)26-15-16-29-27(31-26)30-20-13-11-19(12-14-20)17-33(28(34)35)18-25-23-9-5-3-7-21(23)22-8-4-6-10-24(22)25/h3-10,15-16,19-20,25H,11-14,17-18H2,1-2H3,(H,34,35)(H,29,30,31)/t19-,20+. The minimum Gasteiger partial charge on any atom is -0.465 e. The number of fused-ring (bicyclic) bond motifs is 3. The van der Waals surface area contributed by atoms with Crippen LogP contribution in [0.3, 0.4) is 0 Å². The average Bonchev–Trinajstić information content (AvgIpc) is 3.18. The minimum atomic E-state index is -0.832. The molecule has 3 aromatic rings. The van der Waals surface area contributed by atoms with Crippen LogP contribution in [-0.2, 0) is 0 Å². The summed E-state index contributed by atoms with van der Waals surface area (Å²) in [5.41, 5.74) is 4.91. The van der Waals surface area contributed by atoms with Crippen molar-refractivity contribution in [3.8, 4) is 11.1 Å². The molecule has 1 fully saturated rings. The lowest BCUT2D eigenvalue weighted by molar-refractivity contribution is 0.129. The van der Waals surface area contributed by atoms with Gasteiger partial charge in [0.05, 0.1) is 0 Å². The number of benzene rings is 2. The Hall–Kier alpha value is -3.61. The molecular weight excluding hydrogens is 438 g/mol. The molecule has 182 valence electrons. The smallest absolute Gasteiger partial charge is 0.407 e. The van der Waals surface area contributed by atoms with Gasteiger partial charge in [0.25, 0.3) is 0 Å². The van der Waals surface area contributed by atoms with Gasteiger partial charge in [0.1, 0.15) is 5.82 Å². The van der Waals surface area contributed by atoms with Crippen molar-refractivity contribution in [2.45, 2.75) is 37.6 Å². The molecule has 5 rings (SSSR count). The fourth-order valence-corrected chi connectivity index (χ4v) is 5.56. The molecule has 1 aromatic heterocycles. The van der Waals surface area contributed by atoms with Crippen LogP contribution >= 0.6 is 0 Å². The topological polar surface area (TPSA) is 81.6 Å². The summed E-state index contributed by atoms with van der Waals surface area (Å²) in [5, 5.41) is 13.5. The molecule has 0 unspecified atom stereocenters. The van der Waals surface area contributed by atoms with E-state index in [1.165, 1.54) is 22.3 Å². The van der Waals surface area contributed by atoms with Gasteiger partial charge in [0.2, 0.25) is 5.95 Å². The van der Waals surface area contributed by atoms with Crippen molar-refractivity contribution in [2.75, 3.05) is 37.4 Å². The third-order valence-electron chi connectivity index (χ3n) is 7.39. The molecule has 0 radical (unpaired) electrons. The lowest BCUT2D eigenvalue weighted by Gasteiger charge is -2.33. The predicted octanol–water partition coefficient (Wildman–Crippen LogP) is 5.31. The summed E-state index contributed by atoms with van der Waals surface area (Å²) in [6.07, 6.45) is 4.91. The lowest BCUT2D eigenvalue weighted by Crippen LogP contribution is -2.39. The lowest BCUT2D eigenvalue weighted by atomic mass is 9.85. The quantitative estimate of drug-likeness (QED) is 0.486. The van der Waals surface area contributed by atoms with Crippen LogP contribution in [0.4, 0.5) is 16.6 Å². The highest BCUT2D eigenvalue weighted by atomic mass is 16.4. The maximum absolute atomic E-state index is 12.3. The maximum Gasteiger partial charge on any atom is 0.407 e. The largest absolute Gasteiger partial charge is 0.465 e. The second-order valence-electron chi connectivity index (χ2n) is 9.91. The number of nitrogens with one attached hydrogen (secondary N) is 1. The molecule has 1 saturated carbocycles. The molecule has 2 aliphatic rings. The van der Waals surface area contributed by atoms with Crippen LogP contribution in [0, 0.1) is 5.92 Å². The van der Waals surface area contributed by atoms with Crippen LogP contribution in [0.25, 0.3) is 11.1 Å². The zero-order chi connectivity index (χ0) is 24.4. The number of aromatic nitrogens is 2. The van der Waals surface area contributed by atoms with Crippen molar-refractivity contribution in [3.05, 3.63) is 71.9 Å². The fourth-order valence-electron chi connectivity index (χ4n) is 5.56. The first kappa shape index (κ1) is 23.1. The van der Waals surface area contributed by atoms with E-state index in [2.05, 4.69) is 63.8 Å². The Morgan fingerprint density at radius 1 is 0.943 bits per heavy atom. The zero-order valence-electron chi connectivity index (χ0n) is 20.4. The van der Waals surface area contributed by atoms with E-state index >= 15 is 0 Å². The van der Waals surface area contributed by atoms with Gasteiger partial charge in [-0.2, -0.15) is 4.98 Å². The molecule has 0 aliphatic heterocycles. The molecule has 7 heteroatoms. The van der Waals surface area contributed by atoms with Crippen molar-refractivity contribution in [2.24, 2.45) is 5.92 Å². The first-order chi connectivity index (χ1) is 17.0. The Morgan fingerprint density at radius 3 is 2.17 bits per heavy atom. The summed E-state index contributed by atoms with van der Waals surface area (Å²) in [6.45, 7) is 1.07. The van der Waals surface area contributed by atoms with Crippen LogP contribution in [0.15, 0.2) is 60.8 Å². The normalized spacial score (nSPS) is 19.0. The van der Waals surface area contributed by atoms with Gasteiger partial charge in [-0.15, -0.1) is 0 Å². The number of carbonyl (C=O) groups is 1. The molecule has 7 nitrogen and oxygen atoms in total. The number of anilines is 2. The minimum absolute atomic E-state index is 0.0811. The van der Waals surface area contributed by atoms with Crippen LogP contribution in [0.2, 0.25) is 0 Å². The summed E-state index contributed by atoms with van der Waals surface area (Å²) in [4.78, 5) is 24.8. The van der Waals surface area contributed by atoms with Gasteiger partial charge in [0.15, 0.2) is 0 Å². The van der Waals surface area contributed by atoms with E-state index in [1.807, 2.05) is 25.1 Å². The van der Waals surface area contributed by atoms with E-state index in [0.717, 1.165) is 31.5 Å². The Bertz CT molecular complexity index is 1140. The monoisotopic (exact) mass is 471 g/mol. The molecule has 0 bridgehead atoms. The van der Waals surface area contributed by atoms with Gasteiger partial charge >= 0.3 is 6.09 Å². The number of carboxylic acid groups (broad SMARTS) is 1. The SMILES string of the molecule is CN(C)c1ccnc(N[C@H]2CC[C@@H](CN(CC3c4ccccc4-c4ccccc43)C(=O)O)CC2)n1. The van der Waals surface area contributed by atoms with Crippen LogP contribution in [0.1, 0.15) is 42.7 Å². The number of hydrogen-bond donors (Lipinski definition) is 2. The second-order valence-corrected chi connectivity index (χ2v) is 9.91. The van der Waals surface area contributed by atoms with Crippen molar-refractivity contribution < 1.29 is 9.90 Å². The van der Waals surface area contributed by atoms with Crippen LogP contribution in [0.5, 0.6) is 0 Å². The van der Waals surface area contributed by atoms with E-state index in [4.69, 9.17) is 0 Å². The maximum atomic E-state index is 12.3. The van der Waals surface area contributed by atoms with Crippen molar-refractivity contribution >= 4 is 17.9 Å². The molecule has 1 heterocycles. The molecule has 0 saturated heterocycles. The molecule has 2 N–H and O–H groups in total. The molecule has 35 heavy (non-hydrogen) atoms. The van der Waals surface area contributed by atoms with Gasteiger partial charge in [0, 0.05) is 45.3 Å². The highest BCUT2D eigenvalue weighted by molar-refractivity contribution is 5.79. The van der Waals surface area contributed by atoms with E-state index in [1.54, 1.807) is 11.1 Å². The Balaban J connectivity index is 1.22. The fraction of sp³-hybridized carbons (Fsp3) is 0.393. The Kier molecular flexibility index (Phi) is 6.57. The van der Waals surface area contributed by atoms with E-state index in [9.17, 15) is 9.90 Å². The Morgan fingerprint density at radius 2 is 1.57 bits per heavy atom. The second kappa shape index (κ2) is 9.94. The van der Waals surface area contributed by atoms with Gasteiger partial charge in [-0.1, -0.05) is 48.5 Å². The molecule has 2 aromatic carbocycles. The third-order valence-corrected chi connectivity index (χ3v) is 7.39. The molecule has 2 aliphatic carbocycles. The van der Waals surface area contributed by atoms with Gasteiger partial charge < -0.3 is 20.2 Å². The van der Waals surface area contributed by atoms with Gasteiger partial charge in [-0.25, -0.2) is 9.78 Å². The summed E-state index contributed by atoms with van der Waals surface area (Å²) in [7, 11) is 3.93. The molecule has 1 amide bonds. The van der Waals surface area contributed by atoms with Crippen LogP contribution in [-0.4, -0.2) is 59.3 Å². The average molecular weight is 472 g/mol. The summed E-state index contributed by atoms with van der Waals surface area (Å²) >= 11 is 0. The van der Waals surface area contributed by atoms with E-state index < -0.39 is 6.09 Å². The van der Waals surface area contributed by atoms with Crippen molar-refractivity contribution in [1.29, 1.82) is 0 Å². The highest BCUT2D eigenvalue weighted by Gasteiger charge is 2.32. The number of hydrogen-bond acceptors (Lipinski definition) is 5. The number of amides is 1. The van der Waals surface area contributed by atoms with Crippen LogP contribution < -0.4 is 10.2 Å². The van der Waals surface area contributed by atoms with Gasteiger partial charge in [-0.3, -0.25) is 0 Å². The Labute approximate surface area is 206 Å². The predicted molar refractivity (Wildman–Crippen MR) is 139 cm³/mol. The van der Waals surface area contributed by atoms with E-state index in [-0.39, 0.29) is 5.92 Å². The molecular formula is C28H33N5O2. The van der Waals surface area contributed by atoms with Crippen molar-refractivity contribution in [1.82, 2.24) is 14.9 Å².